The average Bonchev–Trinajstić information content (AvgIpc) is 2.55. The molecule has 3 rings (SSSR count). The summed E-state index contributed by atoms with van der Waals surface area (Å²) in [5.74, 6) is 0.910. The summed E-state index contributed by atoms with van der Waals surface area (Å²) in [6.07, 6.45) is 0. The molecular weight excluding hydrogens is 377 g/mol. The highest BCUT2D eigenvalue weighted by Crippen LogP contribution is 2.38. The number of para-hydroxylation sites is 1. The summed E-state index contributed by atoms with van der Waals surface area (Å²) in [4.78, 5) is 12.1. The third kappa shape index (κ3) is 3.80. The van der Waals surface area contributed by atoms with Crippen molar-refractivity contribution < 1.29 is 19.0 Å². The number of halogens is 3. The number of anilines is 1. The number of hydrogen-bond donors (Lipinski definition) is 1. The summed E-state index contributed by atoms with van der Waals surface area (Å²) in [6, 6.07) is 8.14. The average molecular weight is 389 g/mol. The van der Waals surface area contributed by atoms with E-state index < -0.39 is 5.91 Å². The summed E-state index contributed by atoms with van der Waals surface area (Å²) in [6.45, 7) is 0.631. The standard InChI is InChI=1S/C16H12Cl3NO4/c17-9-2-1-3-10(18)16(9)24-8-15(21)20-12-7-14-13(6-11(12)19)22-4-5-23-14/h1-3,6-7H,4-5,8H2,(H,20,21). The van der Waals surface area contributed by atoms with Crippen LogP contribution in [0.5, 0.6) is 17.2 Å². The van der Waals surface area contributed by atoms with Gasteiger partial charge in [-0.2, -0.15) is 0 Å². The Morgan fingerprint density at radius 1 is 1.04 bits per heavy atom. The molecule has 0 saturated heterocycles. The molecule has 0 atom stereocenters. The molecule has 5 nitrogen and oxygen atoms in total. The van der Waals surface area contributed by atoms with Crippen LogP contribution in [0.15, 0.2) is 30.3 Å². The van der Waals surface area contributed by atoms with Crippen LogP contribution in [-0.4, -0.2) is 25.7 Å². The van der Waals surface area contributed by atoms with Gasteiger partial charge in [-0.1, -0.05) is 40.9 Å². The van der Waals surface area contributed by atoms with Crippen LogP contribution in [-0.2, 0) is 4.79 Å². The Bertz CT molecular complexity index is 762. The second-order valence-electron chi connectivity index (χ2n) is 4.86. The van der Waals surface area contributed by atoms with Crippen molar-refractivity contribution in [3.63, 3.8) is 0 Å². The number of ether oxygens (including phenoxy) is 3. The maximum absolute atomic E-state index is 12.1. The lowest BCUT2D eigenvalue weighted by Crippen LogP contribution is -2.21. The van der Waals surface area contributed by atoms with Crippen molar-refractivity contribution in [3.8, 4) is 17.2 Å². The predicted molar refractivity (Wildman–Crippen MR) is 93.0 cm³/mol. The molecule has 1 amide bonds. The first-order chi connectivity index (χ1) is 11.5. The quantitative estimate of drug-likeness (QED) is 0.841. The molecule has 126 valence electrons. The first-order valence-corrected chi connectivity index (χ1v) is 8.14. The van der Waals surface area contributed by atoms with Crippen LogP contribution in [0.4, 0.5) is 5.69 Å². The van der Waals surface area contributed by atoms with Crippen LogP contribution in [0.3, 0.4) is 0 Å². The first kappa shape index (κ1) is 17.0. The van der Waals surface area contributed by atoms with Crippen molar-refractivity contribution in [2.75, 3.05) is 25.1 Å². The molecule has 24 heavy (non-hydrogen) atoms. The van der Waals surface area contributed by atoms with E-state index in [1.54, 1.807) is 30.3 Å². The highest BCUT2D eigenvalue weighted by atomic mass is 35.5. The maximum atomic E-state index is 12.1. The molecule has 8 heteroatoms. The van der Waals surface area contributed by atoms with Gasteiger partial charge in [-0.15, -0.1) is 0 Å². The summed E-state index contributed by atoms with van der Waals surface area (Å²) in [7, 11) is 0. The lowest BCUT2D eigenvalue weighted by Gasteiger charge is -2.20. The second-order valence-corrected chi connectivity index (χ2v) is 6.08. The normalized spacial score (nSPS) is 12.6. The van der Waals surface area contributed by atoms with Crippen molar-refractivity contribution >= 4 is 46.4 Å². The summed E-state index contributed by atoms with van der Waals surface area (Å²) in [5.41, 5.74) is 0.403. The van der Waals surface area contributed by atoms with Crippen molar-refractivity contribution in [1.29, 1.82) is 0 Å². The number of fused-ring (bicyclic) bond motifs is 1. The van der Waals surface area contributed by atoms with E-state index >= 15 is 0 Å². The molecule has 1 N–H and O–H groups in total. The van der Waals surface area contributed by atoms with E-state index in [-0.39, 0.29) is 12.4 Å². The van der Waals surface area contributed by atoms with Gasteiger partial charge < -0.3 is 19.5 Å². The molecule has 0 fully saturated rings. The van der Waals surface area contributed by atoms with Gasteiger partial charge in [0.2, 0.25) is 0 Å². The Labute approximate surface area is 153 Å². The van der Waals surface area contributed by atoms with E-state index in [1.807, 2.05) is 0 Å². The molecule has 2 aromatic rings. The van der Waals surface area contributed by atoms with Crippen LogP contribution >= 0.6 is 34.8 Å². The Balaban J connectivity index is 1.67. The van der Waals surface area contributed by atoms with Crippen molar-refractivity contribution in [1.82, 2.24) is 0 Å². The van der Waals surface area contributed by atoms with E-state index in [0.717, 1.165) is 0 Å². The topological polar surface area (TPSA) is 56.8 Å². The second kappa shape index (κ2) is 7.38. The van der Waals surface area contributed by atoms with E-state index in [9.17, 15) is 4.79 Å². The molecular formula is C16H12Cl3NO4. The van der Waals surface area contributed by atoms with Gasteiger partial charge in [0.25, 0.3) is 5.91 Å². The number of rotatable bonds is 4. The molecule has 2 aromatic carbocycles. The fourth-order valence-electron chi connectivity index (χ4n) is 2.10. The van der Waals surface area contributed by atoms with Crippen molar-refractivity contribution in [2.24, 2.45) is 0 Å². The van der Waals surface area contributed by atoms with Gasteiger partial charge in [-0.3, -0.25) is 4.79 Å². The zero-order chi connectivity index (χ0) is 17.1. The van der Waals surface area contributed by atoms with Crippen LogP contribution in [0, 0.1) is 0 Å². The molecule has 0 spiro atoms. The predicted octanol–water partition coefficient (Wildman–Crippen LogP) is 4.44. The molecule has 0 bridgehead atoms. The first-order valence-electron chi connectivity index (χ1n) is 7.00. The molecule has 0 aromatic heterocycles. The van der Waals surface area contributed by atoms with Gasteiger partial charge in [-0.25, -0.2) is 0 Å². The number of benzene rings is 2. The maximum Gasteiger partial charge on any atom is 0.262 e. The van der Waals surface area contributed by atoms with E-state index in [4.69, 9.17) is 49.0 Å². The van der Waals surface area contributed by atoms with E-state index in [0.29, 0.717) is 45.5 Å². The van der Waals surface area contributed by atoms with Gasteiger partial charge >= 0.3 is 0 Å². The zero-order valence-electron chi connectivity index (χ0n) is 12.3. The molecule has 0 saturated carbocycles. The Hall–Kier alpha value is -1.82. The SMILES string of the molecule is O=C(COc1c(Cl)cccc1Cl)Nc1cc2c(cc1Cl)OCCO2. The summed E-state index contributed by atoms with van der Waals surface area (Å²) < 4.78 is 16.3. The molecule has 1 aliphatic heterocycles. The highest BCUT2D eigenvalue weighted by molar-refractivity contribution is 6.37. The minimum Gasteiger partial charge on any atom is -0.486 e. The van der Waals surface area contributed by atoms with E-state index in [2.05, 4.69) is 5.32 Å². The van der Waals surface area contributed by atoms with Gasteiger partial charge in [-0.05, 0) is 12.1 Å². The van der Waals surface area contributed by atoms with Gasteiger partial charge in [0, 0.05) is 12.1 Å². The largest absolute Gasteiger partial charge is 0.486 e. The third-order valence-corrected chi connectivity index (χ3v) is 4.08. The van der Waals surface area contributed by atoms with Crippen molar-refractivity contribution in [3.05, 3.63) is 45.4 Å². The fourth-order valence-corrected chi connectivity index (χ4v) is 2.81. The summed E-state index contributed by atoms with van der Waals surface area (Å²) in [5, 5.41) is 3.64. The lowest BCUT2D eigenvalue weighted by atomic mass is 10.2. The Kier molecular flexibility index (Phi) is 5.23. The van der Waals surface area contributed by atoms with Gasteiger partial charge in [0.1, 0.15) is 13.2 Å². The number of carbonyl (C=O) groups excluding carboxylic acids is 1. The third-order valence-electron chi connectivity index (χ3n) is 3.17. The minimum atomic E-state index is -0.412. The highest BCUT2D eigenvalue weighted by Gasteiger charge is 2.17. The molecule has 0 unspecified atom stereocenters. The molecule has 0 radical (unpaired) electrons. The molecule has 1 heterocycles. The fraction of sp³-hybridized carbons (Fsp3) is 0.188. The zero-order valence-corrected chi connectivity index (χ0v) is 14.5. The van der Waals surface area contributed by atoms with Crippen LogP contribution < -0.4 is 19.5 Å². The monoisotopic (exact) mass is 387 g/mol. The Morgan fingerprint density at radius 2 is 1.67 bits per heavy atom. The van der Waals surface area contributed by atoms with Crippen LogP contribution in [0.2, 0.25) is 15.1 Å². The van der Waals surface area contributed by atoms with Crippen molar-refractivity contribution in [2.45, 2.75) is 0 Å². The number of carbonyl (C=O) groups is 1. The lowest BCUT2D eigenvalue weighted by molar-refractivity contribution is -0.118. The molecule has 1 aliphatic rings. The number of nitrogens with one attached hydrogen (secondary N) is 1. The Morgan fingerprint density at radius 3 is 2.33 bits per heavy atom. The molecule has 0 aliphatic carbocycles. The summed E-state index contributed by atoms with van der Waals surface area (Å²) >= 11 is 18.1. The van der Waals surface area contributed by atoms with Gasteiger partial charge in [0.05, 0.1) is 20.8 Å². The number of amides is 1. The van der Waals surface area contributed by atoms with Crippen LogP contribution in [0.1, 0.15) is 0 Å². The smallest absolute Gasteiger partial charge is 0.262 e. The van der Waals surface area contributed by atoms with E-state index in [1.165, 1.54) is 0 Å². The van der Waals surface area contributed by atoms with Gasteiger partial charge in [0.15, 0.2) is 23.9 Å². The minimum absolute atomic E-state index is 0.254. The number of hydrogen-bond acceptors (Lipinski definition) is 4. The van der Waals surface area contributed by atoms with Crippen LogP contribution in [0.25, 0.3) is 0 Å².